The molecule has 0 saturated carbocycles. The molecule has 0 amide bonds. The van der Waals surface area contributed by atoms with Crippen molar-refractivity contribution in [1.29, 1.82) is 0 Å². The summed E-state index contributed by atoms with van der Waals surface area (Å²) < 4.78 is 27.6. The van der Waals surface area contributed by atoms with Gasteiger partial charge in [0, 0.05) is 18.3 Å². The molecular formula is C16H17F2NO. The lowest BCUT2D eigenvalue weighted by atomic mass is 10.0. The zero-order valence-corrected chi connectivity index (χ0v) is 11.5. The Labute approximate surface area is 117 Å². The minimum Gasteiger partial charge on any atom is -0.388 e. The predicted octanol–water partition coefficient (Wildman–Crippen LogP) is 3.51. The number of aliphatic hydroxyl groups excluding tert-OH is 1. The van der Waals surface area contributed by atoms with Crippen LogP contribution in [-0.2, 0) is 12.8 Å². The number of hydrogen-bond donors (Lipinski definition) is 1. The summed E-state index contributed by atoms with van der Waals surface area (Å²) >= 11 is 0. The van der Waals surface area contributed by atoms with Crippen LogP contribution in [0.15, 0.2) is 30.5 Å². The Kier molecular flexibility index (Phi) is 4.45. The Morgan fingerprint density at radius 1 is 1.20 bits per heavy atom. The third-order valence-electron chi connectivity index (χ3n) is 3.35. The lowest BCUT2D eigenvalue weighted by Gasteiger charge is -2.14. The van der Waals surface area contributed by atoms with E-state index in [1.807, 2.05) is 13.0 Å². The van der Waals surface area contributed by atoms with E-state index >= 15 is 0 Å². The molecule has 0 bridgehead atoms. The van der Waals surface area contributed by atoms with Crippen LogP contribution in [0.3, 0.4) is 0 Å². The van der Waals surface area contributed by atoms with Crippen molar-refractivity contribution < 1.29 is 13.9 Å². The van der Waals surface area contributed by atoms with Crippen LogP contribution in [-0.4, -0.2) is 10.1 Å². The molecule has 0 fully saturated rings. The van der Waals surface area contributed by atoms with Crippen molar-refractivity contribution in [2.45, 2.75) is 32.8 Å². The second-order valence-corrected chi connectivity index (χ2v) is 4.82. The van der Waals surface area contributed by atoms with Crippen LogP contribution in [0.1, 0.15) is 35.4 Å². The van der Waals surface area contributed by atoms with Crippen molar-refractivity contribution in [2.75, 3.05) is 0 Å². The van der Waals surface area contributed by atoms with Gasteiger partial charge in [0.25, 0.3) is 0 Å². The van der Waals surface area contributed by atoms with Crippen molar-refractivity contribution in [3.63, 3.8) is 0 Å². The summed E-state index contributed by atoms with van der Waals surface area (Å²) in [7, 11) is 0. The van der Waals surface area contributed by atoms with Crippen molar-refractivity contribution in [2.24, 2.45) is 0 Å². The second-order valence-electron chi connectivity index (χ2n) is 4.82. The number of hydrogen-bond acceptors (Lipinski definition) is 2. The number of pyridine rings is 1. The highest BCUT2D eigenvalue weighted by molar-refractivity contribution is 5.29. The van der Waals surface area contributed by atoms with Crippen LogP contribution in [0.4, 0.5) is 8.78 Å². The van der Waals surface area contributed by atoms with E-state index in [-0.39, 0.29) is 12.0 Å². The summed E-state index contributed by atoms with van der Waals surface area (Å²) in [6.07, 6.45) is 1.43. The zero-order valence-electron chi connectivity index (χ0n) is 11.5. The molecule has 1 unspecified atom stereocenters. The number of nitrogens with zero attached hydrogens (tertiary/aromatic N) is 1. The van der Waals surface area contributed by atoms with Crippen LogP contribution >= 0.6 is 0 Å². The van der Waals surface area contributed by atoms with Crippen LogP contribution < -0.4 is 0 Å². The predicted molar refractivity (Wildman–Crippen MR) is 73.4 cm³/mol. The maximum atomic E-state index is 13.9. The van der Waals surface area contributed by atoms with Gasteiger partial charge in [-0.05, 0) is 36.6 Å². The molecule has 20 heavy (non-hydrogen) atoms. The van der Waals surface area contributed by atoms with Gasteiger partial charge < -0.3 is 5.11 Å². The highest BCUT2D eigenvalue weighted by Gasteiger charge is 2.20. The van der Waals surface area contributed by atoms with E-state index < -0.39 is 17.7 Å². The maximum absolute atomic E-state index is 13.9. The minimum absolute atomic E-state index is 0.0846. The van der Waals surface area contributed by atoms with Gasteiger partial charge >= 0.3 is 0 Å². The maximum Gasteiger partial charge on any atom is 0.134 e. The molecule has 1 heterocycles. The molecule has 0 radical (unpaired) electrons. The fourth-order valence-corrected chi connectivity index (χ4v) is 2.07. The quantitative estimate of drug-likeness (QED) is 0.927. The van der Waals surface area contributed by atoms with Gasteiger partial charge in [0.2, 0.25) is 0 Å². The number of aryl methyl sites for hydroxylation is 2. The smallest absolute Gasteiger partial charge is 0.134 e. The highest BCUT2D eigenvalue weighted by atomic mass is 19.1. The van der Waals surface area contributed by atoms with E-state index in [1.54, 1.807) is 19.2 Å². The van der Waals surface area contributed by atoms with Crippen LogP contribution in [0, 0.1) is 18.6 Å². The van der Waals surface area contributed by atoms with Crippen molar-refractivity contribution in [3.8, 4) is 0 Å². The first kappa shape index (κ1) is 14.6. The molecule has 4 heteroatoms. The third kappa shape index (κ3) is 3.02. The van der Waals surface area contributed by atoms with Gasteiger partial charge in [-0.2, -0.15) is 0 Å². The third-order valence-corrected chi connectivity index (χ3v) is 3.35. The van der Waals surface area contributed by atoms with Gasteiger partial charge in [-0.15, -0.1) is 0 Å². The normalized spacial score (nSPS) is 12.4. The average molecular weight is 277 g/mol. The summed E-state index contributed by atoms with van der Waals surface area (Å²) in [4.78, 5) is 4.19. The summed E-state index contributed by atoms with van der Waals surface area (Å²) in [5, 5.41) is 10.1. The molecule has 1 atom stereocenters. The van der Waals surface area contributed by atoms with Gasteiger partial charge in [0.05, 0.1) is 11.7 Å². The van der Waals surface area contributed by atoms with Crippen LogP contribution in [0.25, 0.3) is 0 Å². The van der Waals surface area contributed by atoms with Gasteiger partial charge in [-0.1, -0.05) is 19.1 Å². The summed E-state index contributed by atoms with van der Waals surface area (Å²) in [5.41, 5.74) is 1.72. The molecule has 106 valence electrons. The van der Waals surface area contributed by atoms with E-state index in [0.29, 0.717) is 11.3 Å². The van der Waals surface area contributed by atoms with E-state index in [4.69, 9.17) is 0 Å². The van der Waals surface area contributed by atoms with Crippen molar-refractivity contribution in [1.82, 2.24) is 4.98 Å². The van der Waals surface area contributed by atoms with Crippen molar-refractivity contribution >= 4 is 0 Å². The first-order chi connectivity index (χ1) is 9.52. The Balaban J connectivity index is 2.23. The molecule has 2 aromatic rings. The monoisotopic (exact) mass is 277 g/mol. The molecule has 1 aromatic heterocycles. The van der Waals surface area contributed by atoms with Gasteiger partial charge in [-0.3, -0.25) is 4.98 Å². The first-order valence-corrected chi connectivity index (χ1v) is 6.59. The number of aliphatic hydroxyl groups is 1. The summed E-state index contributed by atoms with van der Waals surface area (Å²) in [5.74, 6) is -1.42. The first-order valence-electron chi connectivity index (χ1n) is 6.59. The van der Waals surface area contributed by atoms with E-state index in [2.05, 4.69) is 4.98 Å². The molecule has 1 N–H and O–H groups in total. The number of aromatic nitrogens is 1. The minimum atomic E-state index is -1.24. The fourth-order valence-electron chi connectivity index (χ4n) is 2.07. The number of benzene rings is 1. The Hall–Kier alpha value is -1.81. The topological polar surface area (TPSA) is 33.1 Å². The Bertz CT molecular complexity index is 596. The molecule has 0 aliphatic rings. The summed E-state index contributed by atoms with van der Waals surface area (Å²) in [6.45, 7) is 3.56. The highest BCUT2D eigenvalue weighted by Crippen LogP contribution is 2.25. The van der Waals surface area contributed by atoms with Crippen LogP contribution in [0.2, 0.25) is 0 Å². The van der Waals surface area contributed by atoms with Gasteiger partial charge in [0.15, 0.2) is 0 Å². The standard InChI is InChI=1S/C16H17F2NO/c1-3-11-5-6-12(19-9-11)8-14(20)15-13(17)7-4-10(2)16(15)18/h4-7,9,14,20H,3,8H2,1-2H3. The largest absolute Gasteiger partial charge is 0.388 e. The van der Waals surface area contributed by atoms with E-state index in [1.165, 1.54) is 12.1 Å². The lowest BCUT2D eigenvalue weighted by molar-refractivity contribution is 0.167. The molecule has 1 aromatic carbocycles. The molecule has 0 spiro atoms. The second kappa shape index (κ2) is 6.09. The van der Waals surface area contributed by atoms with E-state index in [0.717, 1.165) is 12.0 Å². The number of rotatable bonds is 4. The summed E-state index contributed by atoms with van der Waals surface area (Å²) in [6, 6.07) is 6.20. The molecule has 0 aliphatic carbocycles. The zero-order chi connectivity index (χ0) is 14.7. The molecular weight excluding hydrogens is 260 g/mol. The number of halogens is 2. The molecule has 2 nitrogen and oxygen atoms in total. The van der Waals surface area contributed by atoms with E-state index in [9.17, 15) is 13.9 Å². The Morgan fingerprint density at radius 3 is 2.55 bits per heavy atom. The Morgan fingerprint density at radius 2 is 1.95 bits per heavy atom. The SMILES string of the molecule is CCc1ccc(CC(O)c2c(F)ccc(C)c2F)nc1. The molecule has 2 rings (SSSR count). The average Bonchev–Trinajstić information content (AvgIpc) is 2.44. The fraction of sp³-hybridized carbons (Fsp3) is 0.312. The van der Waals surface area contributed by atoms with Gasteiger partial charge in [0.1, 0.15) is 11.6 Å². The van der Waals surface area contributed by atoms with Gasteiger partial charge in [-0.25, -0.2) is 8.78 Å². The molecule has 0 saturated heterocycles. The van der Waals surface area contributed by atoms with Crippen molar-refractivity contribution in [3.05, 3.63) is 64.5 Å². The molecule has 0 aliphatic heterocycles. The van der Waals surface area contributed by atoms with Crippen LogP contribution in [0.5, 0.6) is 0 Å². The lowest BCUT2D eigenvalue weighted by Crippen LogP contribution is -2.09.